The Morgan fingerprint density at radius 1 is 1.04 bits per heavy atom. The molecular formula is C20H21N3O2S. The Hall–Kier alpha value is -2.60. The lowest BCUT2D eigenvalue weighted by Gasteiger charge is -2.11. The zero-order chi connectivity index (χ0) is 18.4. The fourth-order valence-corrected chi connectivity index (χ4v) is 3.33. The minimum Gasteiger partial charge on any atom is -0.465 e. The van der Waals surface area contributed by atoms with Crippen LogP contribution in [-0.2, 0) is 16.0 Å². The van der Waals surface area contributed by atoms with Gasteiger partial charge in [0.15, 0.2) is 11.0 Å². The molecule has 0 aliphatic heterocycles. The number of hydrogen-bond acceptors (Lipinski definition) is 5. The van der Waals surface area contributed by atoms with Gasteiger partial charge in [-0.25, -0.2) is 0 Å². The van der Waals surface area contributed by atoms with E-state index in [-0.39, 0.29) is 11.7 Å². The lowest BCUT2D eigenvalue weighted by Crippen LogP contribution is -2.08. The van der Waals surface area contributed by atoms with Crippen LogP contribution in [0.25, 0.3) is 17.1 Å². The van der Waals surface area contributed by atoms with Gasteiger partial charge < -0.3 is 4.74 Å². The van der Waals surface area contributed by atoms with Crippen LogP contribution in [-0.4, -0.2) is 33.1 Å². The molecule has 0 saturated carbocycles. The van der Waals surface area contributed by atoms with Gasteiger partial charge in [-0.1, -0.05) is 61.2 Å². The molecule has 3 rings (SSSR count). The summed E-state index contributed by atoms with van der Waals surface area (Å²) in [5.41, 5.74) is 3.21. The van der Waals surface area contributed by atoms with Gasteiger partial charge in [0.2, 0.25) is 0 Å². The Bertz CT molecular complexity index is 861. The summed E-state index contributed by atoms with van der Waals surface area (Å²) in [5, 5.41) is 9.35. The van der Waals surface area contributed by atoms with Gasteiger partial charge in [-0.2, -0.15) is 0 Å². The van der Waals surface area contributed by atoms with Gasteiger partial charge in [-0.05, 0) is 31.0 Å². The molecule has 0 fully saturated rings. The van der Waals surface area contributed by atoms with Crippen LogP contribution >= 0.6 is 11.8 Å². The number of aromatic nitrogens is 3. The van der Waals surface area contributed by atoms with Gasteiger partial charge in [-0.15, -0.1) is 10.2 Å². The fourth-order valence-electron chi connectivity index (χ4n) is 2.58. The quantitative estimate of drug-likeness (QED) is 0.464. The summed E-state index contributed by atoms with van der Waals surface area (Å²) in [7, 11) is 0. The van der Waals surface area contributed by atoms with E-state index in [1.54, 1.807) is 6.92 Å². The second kappa shape index (κ2) is 8.67. The molecule has 134 valence electrons. The standard InChI is InChI=1S/C20H21N3O2S/c1-3-15-10-12-17(13-11-15)23-19(16-8-6-5-7-9-16)21-22-20(23)26-14-18(24)25-4-2/h5-13H,3-4,14H2,1-2H3. The third-order valence-corrected chi connectivity index (χ3v) is 4.80. The van der Waals surface area contributed by atoms with Crippen LogP contribution in [0.1, 0.15) is 19.4 Å². The van der Waals surface area contributed by atoms with Crippen LogP contribution in [0.4, 0.5) is 0 Å². The molecule has 2 aromatic carbocycles. The van der Waals surface area contributed by atoms with E-state index in [0.29, 0.717) is 11.8 Å². The number of carbonyl (C=O) groups is 1. The second-order valence-corrected chi connectivity index (χ2v) is 6.56. The molecule has 0 bridgehead atoms. The highest BCUT2D eigenvalue weighted by Gasteiger charge is 2.17. The monoisotopic (exact) mass is 367 g/mol. The molecular weight excluding hydrogens is 346 g/mol. The van der Waals surface area contributed by atoms with E-state index in [1.165, 1.54) is 17.3 Å². The van der Waals surface area contributed by atoms with Crippen LogP contribution in [0.2, 0.25) is 0 Å². The minimum absolute atomic E-state index is 0.202. The van der Waals surface area contributed by atoms with Gasteiger partial charge in [0, 0.05) is 11.3 Å². The number of esters is 1. The molecule has 26 heavy (non-hydrogen) atoms. The zero-order valence-electron chi connectivity index (χ0n) is 14.9. The highest BCUT2D eigenvalue weighted by molar-refractivity contribution is 7.99. The Balaban J connectivity index is 1.99. The van der Waals surface area contributed by atoms with Crippen molar-refractivity contribution in [2.45, 2.75) is 25.4 Å². The van der Waals surface area contributed by atoms with Crippen molar-refractivity contribution >= 4 is 17.7 Å². The molecule has 0 aliphatic rings. The summed E-state index contributed by atoms with van der Waals surface area (Å²) in [6.45, 7) is 4.30. The Morgan fingerprint density at radius 3 is 2.42 bits per heavy atom. The maximum atomic E-state index is 11.7. The molecule has 0 atom stereocenters. The van der Waals surface area contributed by atoms with Gasteiger partial charge in [0.25, 0.3) is 0 Å². The number of thioether (sulfide) groups is 1. The molecule has 0 unspecified atom stereocenters. The Kier molecular flexibility index (Phi) is 6.07. The van der Waals surface area contributed by atoms with Gasteiger partial charge in [-0.3, -0.25) is 9.36 Å². The van der Waals surface area contributed by atoms with Crippen molar-refractivity contribution in [3.63, 3.8) is 0 Å². The van der Waals surface area contributed by atoms with Crippen molar-refractivity contribution in [3.8, 4) is 17.1 Å². The van der Waals surface area contributed by atoms with Gasteiger partial charge >= 0.3 is 5.97 Å². The summed E-state index contributed by atoms with van der Waals surface area (Å²) < 4.78 is 7.00. The topological polar surface area (TPSA) is 57.0 Å². The first-order valence-electron chi connectivity index (χ1n) is 8.61. The van der Waals surface area contributed by atoms with Gasteiger partial charge in [0.05, 0.1) is 12.4 Å². The van der Waals surface area contributed by atoms with Crippen molar-refractivity contribution in [1.82, 2.24) is 14.8 Å². The van der Waals surface area contributed by atoms with Crippen molar-refractivity contribution < 1.29 is 9.53 Å². The molecule has 5 nitrogen and oxygen atoms in total. The van der Waals surface area contributed by atoms with E-state index in [0.717, 1.165) is 23.5 Å². The largest absolute Gasteiger partial charge is 0.465 e. The van der Waals surface area contributed by atoms with Crippen LogP contribution in [0, 0.1) is 0 Å². The lowest BCUT2D eigenvalue weighted by atomic mass is 10.1. The molecule has 0 aliphatic carbocycles. The molecule has 0 N–H and O–H groups in total. The smallest absolute Gasteiger partial charge is 0.316 e. The van der Waals surface area contributed by atoms with E-state index in [9.17, 15) is 4.79 Å². The van der Waals surface area contributed by atoms with Crippen LogP contribution in [0.3, 0.4) is 0 Å². The number of ether oxygens (including phenoxy) is 1. The number of rotatable bonds is 7. The average Bonchev–Trinajstić information content (AvgIpc) is 3.11. The molecule has 0 radical (unpaired) electrons. The summed E-state index contributed by atoms with van der Waals surface area (Å²) in [6, 6.07) is 18.2. The average molecular weight is 367 g/mol. The number of hydrogen-bond donors (Lipinski definition) is 0. The van der Waals surface area contributed by atoms with Crippen molar-refractivity contribution in [3.05, 3.63) is 60.2 Å². The number of benzene rings is 2. The van der Waals surface area contributed by atoms with E-state index >= 15 is 0 Å². The third-order valence-electron chi connectivity index (χ3n) is 3.89. The van der Waals surface area contributed by atoms with Crippen LogP contribution in [0.5, 0.6) is 0 Å². The first-order valence-corrected chi connectivity index (χ1v) is 9.60. The summed E-state index contributed by atoms with van der Waals surface area (Å²) >= 11 is 1.33. The summed E-state index contributed by atoms with van der Waals surface area (Å²) in [5.74, 6) is 0.698. The maximum absolute atomic E-state index is 11.7. The summed E-state index contributed by atoms with van der Waals surface area (Å²) in [6.07, 6.45) is 0.985. The van der Waals surface area contributed by atoms with Crippen molar-refractivity contribution in [1.29, 1.82) is 0 Å². The van der Waals surface area contributed by atoms with Gasteiger partial charge in [0.1, 0.15) is 0 Å². The predicted octanol–water partition coefficient (Wildman–Crippen LogP) is 4.15. The first-order chi connectivity index (χ1) is 12.7. The Morgan fingerprint density at radius 2 is 1.77 bits per heavy atom. The van der Waals surface area contributed by atoms with E-state index < -0.39 is 0 Å². The predicted molar refractivity (Wildman–Crippen MR) is 104 cm³/mol. The van der Waals surface area contributed by atoms with Crippen LogP contribution < -0.4 is 0 Å². The highest BCUT2D eigenvalue weighted by Crippen LogP contribution is 2.28. The molecule has 0 saturated heterocycles. The normalized spacial score (nSPS) is 10.7. The SMILES string of the molecule is CCOC(=O)CSc1nnc(-c2ccccc2)n1-c1ccc(CC)cc1. The molecule has 3 aromatic rings. The summed E-state index contributed by atoms with van der Waals surface area (Å²) in [4.78, 5) is 11.7. The second-order valence-electron chi connectivity index (χ2n) is 5.62. The number of nitrogens with zero attached hydrogens (tertiary/aromatic N) is 3. The molecule has 0 spiro atoms. The minimum atomic E-state index is -0.255. The Labute approximate surface area is 157 Å². The molecule has 1 heterocycles. The first kappa shape index (κ1) is 18.2. The van der Waals surface area contributed by atoms with E-state index in [2.05, 4.69) is 41.4 Å². The van der Waals surface area contributed by atoms with E-state index in [4.69, 9.17) is 4.74 Å². The van der Waals surface area contributed by atoms with Crippen molar-refractivity contribution in [2.24, 2.45) is 0 Å². The highest BCUT2D eigenvalue weighted by atomic mass is 32.2. The van der Waals surface area contributed by atoms with Crippen molar-refractivity contribution in [2.75, 3.05) is 12.4 Å². The number of carbonyl (C=O) groups excluding carboxylic acids is 1. The zero-order valence-corrected chi connectivity index (χ0v) is 15.7. The third kappa shape index (κ3) is 4.14. The molecule has 1 aromatic heterocycles. The van der Waals surface area contributed by atoms with Crippen LogP contribution in [0.15, 0.2) is 59.8 Å². The maximum Gasteiger partial charge on any atom is 0.316 e. The molecule has 6 heteroatoms. The van der Waals surface area contributed by atoms with E-state index in [1.807, 2.05) is 34.9 Å². The fraction of sp³-hybridized carbons (Fsp3) is 0.250. The molecule has 0 amide bonds. The number of aryl methyl sites for hydroxylation is 1. The lowest BCUT2D eigenvalue weighted by molar-refractivity contribution is -0.139.